The molecule has 0 aliphatic carbocycles. The summed E-state index contributed by atoms with van der Waals surface area (Å²) in [5, 5.41) is 2.16. The minimum atomic E-state index is -0.521. The average Bonchev–Trinajstić information content (AvgIpc) is 3.17. The molecule has 0 bridgehead atoms. The minimum Gasteiger partial charge on any atom is -0.342 e. The quantitative estimate of drug-likeness (QED) is 0.798. The predicted octanol–water partition coefficient (Wildman–Crippen LogP) is 0.960. The largest absolute Gasteiger partial charge is 0.342 e. The number of fused-ring (bicyclic) bond motifs is 1. The van der Waals surface area contributed by atoms with Crippen molar-refractivity contribution in [1.29, 1.82) is 0 Å². The van der Waals surface area contributed by atoms with Gasteiger partial charge in [0.25, 0.3) is 0 Å². The fourth-order valence-electron chi connectivity index (χ4n) is 3.47. The number of likely N-dealkylation sites (tertiary alicyclic amines) is 1. The zero-order valence-corrected chi connectivity index (χ0v) is 14.0. The number of nitrogens with one attached hydrogen (secondary N) is 2. The van der Waals surface area contributed by atoms with E-state index in [1.54, 1.807) is 11.0 Å². The molecular weight excluding hydrogens is 341 g/mol. The lowest BCUT2D eigenvalue weighted by Gasteiger charge is -2.32. The highest BCUT2D eigenvalue weighted by Gasteiger charge is 2.31. The molecule has 2 saturated heterocycles. The number of carbonyl (C=O) groups excluding carboxylic acids is 3. The van der Waals surface area contributed by atoms with Crippen molar-refractivity contribution in [3.8, 4) is 0 Å². The van der Waals surface area contributed by atoms with Crippen molar-refractivity contribution in [3.63, 3.8) is 0 Å². The molecule has 136 valence electrons. The maximum atomic E-state index is 13.3. The van der Waals surface area contributed by atoms with Gasteiger partial charge in [0.2, 0.25) is 11.8 Å². The van der Waals surface area contributed by atoms with E-state index in [-0.39, 0.29) is 36.6 Å². The Morgan fingerprint density at radius 2 is 2.04 bits per heavy atom. The summed E-state index contributed by atoms with van der Waals surface area (Å²) in [6, 6.07) is 3.93. The Kier molecular flexibility index (Phi) is 4.06. The minimum absolute atomic E-state index is 0.0728. The third-order valence-corrected chi connectivity index (χ3v) is 4.89. The highest BCUT2D eigenvalue weighted by atomic mass is 19.1. The summed E-state index contributed by atoms with van der Waals surface area (Å²) >= 11 is 0. The second-order valence-electron chi connectivity index (χ2n) is 6.65. The zero-order chi connectivity index (χ0) is 18.3. The maximum absolute atomic E-state index is 13.3. The number of imidazole rings is 1. The fourth-order valence-corrected chi connectivity index (χ4v) is 3.47. The van der Waals surface area contributed by atoms with E-state index < -0.39 is 6.03 Å². The second kappa shape index (κ2) is 6.40. The van der Waals surface area contributed by atoms with Crippen molar-refractivity contribution in [2.45, 2.75) is 18.8 Å². The van der Waals surface area contributed by atoms with Crippen LogP contribution in [0.15, 0.2) is 18.2 Å². The predicted molar refractivity (Wildman–Crippen MR) is 89.7 cm³/mol. The fraction of sp³-hybridized carbons (Fsp3) is 0.412. The van der Waals surface area contributed by atoms with Crippen LogP contribution in [0, 0.1) is 5.82 Å². The number of urea groups is 1. The molecule has 4 rings (SSSR count). The molecule has 2 aliphatic rings. The van der Waals surface area contributed by atoms with E-state index in [1.807, 2.05) is 0 Å². The van der Waals surface area contributed by atoms with Crippen LogP contribution in [0.3, 0.4) is 0 Å². The Morgan fingerprint density at radius 3 is 2.73 bits per heavy atom. The molecule has 2 N–H and O–H groups in total. The van der Waals surface area contributed by atoms with Crippen molar-refractivity contribution in [2.75, 3.05) is 26.2 Å². The number of piperidine rings is 1. The Hall–Kier alpha value is -2.97. The number of imide groups is 1. The highest BCUT2D eigenvalue weighted by molar-refractivity contribution is 6.03. The lowest BCUT2D eigenvalue weighted by atomic mass is 9.96. The van der Waals surface area contributed by atoms with Crippen LogP contribution in [-0.4, -0.2) is 63.8 Å². The lowest BCUT2D eigenvalue weighted by molar-refractivity contribution is -0.132. The van der Waals surface area contributed by atoms with Gasteiger partial charge in [-0.1, -0.05) is 0 Å². The number of aromatic amines is 1. The molecule has 0 atom stereocenters. The van der Waals surface area contributed by atoms with Gasteiger partial charge in [-0.3, -0.25) is 14.9 Å². The molecule has 1 aromatic carbocycles. The molecule has 26 heavy (non-hydrogen) atoms. The van der Waals surface area contributed by atoms with Gasteiger partial charge in [-0.05, 0) is 31.0 Å². The zero-order valence-electron chi connectivity index (χ0n) is 14.0. The highest BCUT2D eigenvalue weighted by Crippen LogP contribution is 2.28. The Bertz CT molecular complexity index is 888. The van der Waals surface area contributed by atoms with Crippen molar-refractivity contribution in [3.05, 3.63) is 29.8 Å². The molecule has 9 heteroatoms. The first-order valence-electron chi connectivity index (χ1n) is 8.51. The van der Waals surface area contributed by atoms with Gasteiger partial charge in [-0.2, -0.15) is 0 Å². The van der Waals surface area contributed by atoms with Crippen LogP contribution in [0.1, 0.15) is 24.6 Å². The third-order valence-electron chi connectivity index (χ3n) is 4.89. The van der Waals surface area contributed by atoms with Gasteiger partial charge >= 0.3 is 6.03 Å². The number of halogens is 1. The number of carbonyl (C=O) groups is 3. The maximum Gasteiger partial charge on any atom is 0.325 e. The molecule has 0 saturated carbocycles. The average molecular weight is 359 g/mol. The van der Waals surface area contributed by atoms with Crippen LogP contribution in [0.2, 0.25) is 0 Å². The summed E-state index contributed by atoms with van der Waals surface area (Å²) < 4.78 is 13.3. The van der Waals surface area contributed by atoms with Gasteiger partial charge < -0.3 is 14.8 Å². The van der Waals surface area contributed by atoms with Crippen LogP contribution in [0.4, 0.5) is 9.18 Å². The summed E-state index contributed by atoms with van der Waals surface area (Å²) in [5.41, 5.74) is 1.40. The number of amides is 4. The van der Waals surface area contributed by atoms with Gasteiger partial charge in [0.15, 0.2) is 0 Å². The number of hydrogen-bond acceptors (Lipinski definition) is 4. The van der Waals surface area contributed by atoms with Gasteiger partial charge in [0, 0.05) is 19.0 Å². The number of nitrogens with zero attached hydrogens (tertiary/aromatic N) is 3. The van der Waals surface area contributed by atoms with Crippen molar-refractivity contribution in [1.82, 2.24) is 25.1 Å². The van der Waals surface area contributed by atoms with E-state index in [0.29, 0.717) is 18.6 Å². The molecule has 0 spiro atoms. The Morgan fingerprint density at radius 1 is 1.27 bits per heavy atom. The molecule has 8 nitrogen and oxygen atoms in total. The number of rotatable bonds is 3. The first-order chi connectivity index (χ1) is 12.5. The van der Waals surface area contributed by atoms with E-state index in [9.17, 15) is 18.8 Å². The monoisotopic (exact) mass is 359 g/mol. The smallest absolute Gasteiger partial charge is 0.325 e. The first-order valence-corrected chi connectivity index (χ1v) is 8.51. The summed E-state index contributed by atoms with van der Waals surface area (Å²) in [4.78, 5) is 45.7. The number of H-pyrrole nitrogens is 1. The number of aromatic nitrogens is 2. The molecule has 4 amide bonds. The Labute approximate surface area is 148 Å². The van der Waals surface area contributed by atoms with Crippen LogP contribution in [0.5, 0.6) is 0 Å². The molecular formula is C17H18FN5O3. The Balaban J connectivity index is 1.36. The van der Waals surface area contributed by atoms with Gasteiger partial charge in [-0.15, -0.1) is 0 Å². The van der Waals surface area contributed by atoms with E-state index >= 15 is 0 Å². The molecule has 2 fully saturated rings. The molecule has 0 unspecified atom stereocenters. The molecule has 3 heterocycles. The van der Waals surface area contributed by atoms with Gasteiger partial charge in [0.1, 0.15) is 24.7 Å². The molecule has 1 aromatic heterocycles. The van der Waals surface area contributed by atoms with Crippen LogP contribution in [0.25, 0.3) is 11.0 Å². The molecule has 2 aliphatic heterocycles. The summed E-state index contributed by atoms with van der Waals surface area (Å²) in [7, 11) is 0. The normalized spacial score (nSPS) is 18.7. The van der Waals surface area contributed by atoms with E-state index in [1.165, 1.54) is 17.0 Å². The van der Waals surface area contributed by atoms with Crippen molar-refractivity contribution >= 4 is 28.9 Å². The standard InChI is InChI=1S/C17H18FN5O3/c18-11-1-2-12-13(7-11)20-16(19-12)10-3-5-22(6-4-10)15(25)9-23-8-14(24)21-17(23)26/h1-2,7,10H,3-6,8-9H2,(H,19,20)(H,21,24,26). The van der Waals surface area contributed by atoms with Crippen molar-refractivity contribution < 1.29 is 18.8 Å². The van der Waals surface area contributed by atoms with Gasteiger partial charge in [0.05, 0.1) is 11.0 Å². The lowest BCUT2D eigenvalue weighted by Crippen LogP contribution is -2.44. The van der Waals surface area contributed by atoms with Gasteiger partial charge in [-0.25, -0.2) is 14.2 Å². The van der Waals surface area contributed by atoms with E-state index in [4.69, 9.17) is 0 Å². The van der Waals surface area contributed by atoms with Crippen molar-refractivity contribution in [2.24, 2.45) is 0 Å². The molecule has 2 aromatic rings. The number of hydrogen-bond donors (Lipinski definition) is 2. The van der Waals surface area contributed by atoms with E-state index in [0.717, 1.165) is 24.2 Å². The second-order valence-corrected chi connectivity index (χ2v) is 6.65. The van der Waals surface area contributed by atoms with Crippen LogP contribution >= 0.6 is 0 Å². The summed E-state index contributed by atoms with van der Waals surface area (Å²) in [5.74, 6) is 0.119. The summed E-state index contributed by atoms with van der Waals surface area (Å²) in [6.07, 6.45) is 1.47. The molecule has 0 radical (unpaired) electrons. The topological polar surface area (TPSA) is 98.4 Å². The SMILES string of the molecule is O=C1CN(CC(=O)N2CCC(c3nc4ccc(F)cc4[nH]3)CC2)C(=O)N1. The first kappa shape index (κ1) is 16.5. The number of benzene rings is 1. The third kappa shape index (κ3) is 3.12. The van der Waals surface area contributed by atoms with Crippen LogP contribution < -0.4 is 5.32 Å². The van der Waals surface area contributed by atoms with E-state index in [2.05, 4.69) is 15.3 Å². The van der Waals surface area contributed by atoms with Crippen LogP contribution in [-0.2, 0) is 9.59 Å². The summed E-state index contributed by atoms with van der Waals surface area (Å²) in [6.45, 7) is 0.944.